The van der Waals surface area contributed by atoms with Gasteiger partial charge in [0, 0.05) is 40.6 Å². The molecule has 0 saturated carbocycles. The Labute approximate surface area is 381 Å². The molecule has 1 aromatic carbocycles. The number of hydrogen-bond acceptors (Lipinski definition) is 2. The average Bonchev–Trinajstić information content (AvgIpc) is 3.75. The van der Waals surface area contributed by atoms with Crippen LogP contribution < -0.4 is 0 Å². The Morgan fingerprint density at radius 1 is 0.578 bits per heavy atom. The van der Waals surface area contributed by atoms with Crippen molar-refractivity contribution >= 4 is 5.57 Å². The first-order valence-electron chi connectivity index (χ1n) is 24.7. The van der Waals surface area contributed by atoms with E-state index in [0.29, 0.717) is 23.7 Å². The molecule has 10 aliphatic carbocycles. The summed E-state index contributed by atoms with van der Waals surface area (Å²) in [6, 6.07) is 11.1. The third kappa shape index (κ3) is 7.57. The summed E-state index contributed by atoms with van der Waals surface area (Å²) in [5.74, 6) is 2.80. The van der Waals surface area contributed by atoms with Gasteiger partial charge in [0.25, 0.3) is 0 Å². The third-order valence-corrected chi connectivity index (χ3v) is 16.0. The minimum absolute atomic E-state index is 0.0955. The van der Waals surface area contributed by atoms with Crippen molar-refractivity contribution in [1.29, 1.82) is 0 Å². The summed E-state index contributed by atoms with van der Waals surface area (Å²) in [7, 11) is 0. The zero-order valence-electron chi connectivity index (χ0n) is 37.3. The maximum atomic E-state index is 6.73. The molecule has 1 aliphatic heterocycles. The van der Waals surface area contributed by atoms with Gasteiger partial charge < -0.3 is 9.64 Å². The van der Waals surface area contributed by atoms with Gasteiger partial charge in [-0.25, -0.2) is 0 Å². The van der Waals surface area contributed by atoms with Crippen LogP contribution in [-0.2, 0) is 4.74 Å². The van der Waals surface area contributed by atoms with Gasteiger partial charge in [-0.3, -0.25) is 0 Å². The molecule has 1 aromatic rings. The third-order valence-electron chi connectivity index (χ3n) is 16.0. The van der Waals surface area contributed by atoms with E-state index in [1.807, 2.05) is 0 Å². The Bertz CT molecular complexity index is 2700. The predicted octanol–water partition coefficient (Wildman–Crippen LogP) is 15.3. The van der Waals surface area contributed by atoms with Gasteiger partial charge in [0.15, 0.2) is 0 Å². The lowest BCUT2D eigenvalue weighted by atomic mass is 9.73. The minimum atomic E-state index is 0.0955. The maximum absolute atomic E-state index is 6.73. The Morgan fingerprint density at radius 2 is 1.48 bits per heavy atom. The van der Waals surface area contributed by atoms with E-state index in [1.165, 1.54) is 71.4 Å². The van der Waals surface area contributed by atoms with Crippen LogP contribution in [0.5, 0.6) is 0 Å². The molecule has 12 rings (SSSR count). The number of nitrogens with zero attached hydrogens (tertiary/aromatic N) is 1. The molecule has 0 spiro atoms. The van der Waals surface area contributed by atoms with E-state index in [9.17, 15) is 0 Å². The Balaban J connectivity index is 0.807. The van der Waals surface area contributed by atoms with Crippen molar-refractivity contribution in [2.75, 3.05) is 0 Å². The number of hydrogen-bond donors (Lipinski definition) is 0. The lowest BCUT2D eigenvalue weighted by molar-refractivity contribution is 0.175. The quantitative estimate of drug-likeness (QED) is 0.259. The van der Waals surface area contributed by atoms with E-state index >= 15 is 0 Å². The van der Waals surface area contributed by atoms with Crippen molar-refractivity contribution in [1.82, 2.24) is 4.90 Å². The van der Waals surface area contributed by atoms with Gasteiger partial charge in [0.1, 0.15) is 11.9 Å². The van der Waals surface area contributed by atoms with E-state index in [1.54, 1.807) is 39.0 Å². The SMILES string of the molecule is C1=CCC(C2=CC3=C(C=CCC3C3=CCC(N(C4=CCC(C5=CC6C7=C(OC6C=C5)C(c5ccccc5)=CCC7)C=C4)C4=CC=C(C5=CC6=C(C=CCC6)CC5)CC4)C=C3)CC2)C=C1. The maximum Gasteiger partial charge on any atom is 0.127 e. The normalized spacial score (nSPS) is 30.2. The topological polar surface area (TPSA) is 12.5 Å². The molecule has 6 atom stereocenters. The second kappa shape index (κ2) is 17.3. The molecular weight excluding hydrogens is 775 g/mol. The molecule has 0 bridgehead atoms. The number of rotatable bonds is 8. The summed E-state index contributed by atoms with van der Waals surface area (Å²) in [5, 5.41) is 0. The van der Waals surface area contributed by atoms with Crippen molar-refractivity contribution < 1.29 is 4.74 Å². The van der Waals surface area contributed by atoms with Gasteiger partial charge in [-0.05, 0) is 164 Å². The van der Waals surface area contributed by atoms with Crippen LogP contribution in [-0.4, -0.2) is 17.0 Å². The monoisotopic (exact) mass is 835 g/mol. The number of fused-ring (bicyclic) bond motifs is 2. The lowest BCUT2D eigenvalue weighted by Crippen LogP contribution is -2.34. The summed E-state index contributed by atoms with van der Waals surface area (Å²) >= 11 is 0. The first-order valence-corrected chi connectivity index (χ1v) is 24.7. The fourth-order valence-electron chi connectivity index (χ4n) is 12.5. The molecule has 2 nitrogen and oxygen atoms in total. The van der Waals surface area contributed by atoms with Crippen LogP contribution in [0.1, 0.15) is 95.5 Å². The van der Waals surface area contributed by atoms with E-state index in [2.05, 4.69) is 169 Å². The van der Waals surface area contributed by atoms with E-state index < -0.39 is 0 Å². The summed E-state index contributed by atoms with van der Waals surface area (Å²) in [4.78, 5) is 2.71. The molecule has 0 saturated heterocycles. The molecule has 0 amide bonds. The highest BCUT2D eigenvalue weighted by molar-refractivity contribution is 5.80. The van der Waals surface area contributed by atoms with Gasteiger partial charge in [-0.2, -0.15) is 0 Å². The molecule has 2 heteroatoms. The fourth-order valence-corrected chi connectivity index (χ4v) is 12.5. The van der Waals surface area contributed by atoms with Crippen molar-refractivity contribution in [2.45, 2.75) is 102 Å². The molecule has 0 fully saturated rings. The molecular formula is C62H61NO. The number of ether oxygens (including phenoxy) is 1. The number of benzene rings is 1. The summed E-state index contributed by atoms with van der Waals surface area (Å²) < 4.78 is 6.73. The fraction of sp³-hybridized carbons (Fsp3) is 0.323. The Hall–Kier alpha value is -5.86. The molecule has 64 heavy (non-hydrogen) atoms. The lowest BCUT2D eigenvalue weighted by Gasteiger charge is -2.39. The molecule has 6 unspecified atom stereocenters. The van der Waals surface area contributed by atoms with E-state index in [0.717, 1.165) is 63.5 Å². The van der Waals surface area contributed by atoms with Gasteiger partial charge in [-0.15, -0.1) is 0 Å². The summed E-state index contributed by atoms with van der Waals surface area (Å²) in [5.41, 5.74) is 20.7. The molecule has 320 valence electrons. The first kappa shape index (κ1) is 39.7. The van der Waals surface area contributed by atoms with Crippen LogP contribution in [0.3, 0.4) is 0 Å². The largest absolute Gasteiger partial charge is 0.485 e. The van der Waals surface area contributed by atoms with Gasteiger partial charge in [0.05, 0.1) is 6.04 Å². The van der Waals surface area contributed by atoms with E-state index in [-0.39, 0.29) is 12.1 Å². The van der Waals surface area contributed by atoms with Crippen LogP contribution in [0, 0.1) is 23.7 Å². The van der Waals surface area contributed by atoms with Crippen molar-refractivity contribution in [3.8, 4) is 0 Å². The summed E-state index contributed by atoms with van der Waals surface area (Å²) in [6.45, 7) is 0. The van der Waals surface area contributed by atoms with Crippen LogP contribution >= 0.6 is 0 Å². The summed E-state index contributed by atoms with van der Waals surface area (Å²) in [6.07, 6.45) is 69.4. The van der Waals surface area contributed by atoms with Gasteiger partial charge in [-0.1, -0.05) is 151 Å². The second-order valence-corrected chi connectivity index (χ2v) is 19.6. The first-order chi connectivity index (χ1) is 31.7. The average molecular weight is 836 g/mol. The van der Waals surface area contributed by atoms with Crippen LogP contribution in [0.4, 0.5) is 0 Å². The number of allylic oxidation sites excluding steroid dienone is 29. The van der Waals surface area contributed by atoms with Crippen molar-refractivity contribution in [3.63, 3.8) is 0 Å². The van der Waals surface area contributed by atoms with Gasteiger partial charge >= 0.3 is 0 Å². The molecule has 11 aliphatic rings. The van der Waals surface area contributed by atoms with E-state index in [4.69, 9.17) is 4.74 Å². The second-order valence-electron chi connectivity index (χ2n) is 19.6. The molecule has 0 aromatic heterocycles. The highest BCUT2D eigenvalue weighted by Crippen LogP contribution is 2.48. The standard InChI is InChI=1S/C62H61NO/c1-3-11-42(12-4-1)51-24-22-47-17-9-18-56(59(47)40-51)48-29-36-55(37-30-48)63(53-32-25-44(26-33-53)50-23-21-43-13-7-8-16-49(43)39-50)54-34-27-45(28-35-54)52-31-38-61-60(41-52)58-20-10-19-57(62(58)64-61)46-14-5-2-6-15-46/h1-7,9,11,13-15,17,19,25,27,29-32,34-36,38-42,45,55-56,60-61H,8,10,12,16,18,20-24,26,28,33,37H2. The zero-order chi connectivity index (χ0) is 42.4. The minimum Gasteiger partial charge on any atom is -0.485 e. The van der Waals surface area contributed by atoms with Crippen molar-refractivity contribution in [2.24, 2.45) is 23.7 Å². The molecule has 1 heterocycles. The zero-order valence-corrected chi connectivity index (χ0v) is 37.3. The smallest absolute Gasteiger partial charge is 0.127 e. The predicted molar refractivity (Wildman–Crippen MR) is 265 cm³/mol. The highest BCUT2D eigenvalue weighted by Gasteiger charge is 2.39. The Kier molecular flexibility index (Phi) is 10.7. The van der Waals surface area contributed by atoms with Crippen LogP contribution in [0.15, 0.2) is 237 Å². The molecule has 0 radical (unpaired) electrons. The van der Waals surface area contributed by atoms with Crippen LogP contribution in [0.25, 0.3) is 5.57 Å². The van der Waals surface area contributed by atoms with Crippen molar-refractivity contribution in [3.05, 3.63) is 242 Å². The highest BCUT2D eigenvalue weighted by atomic mass is 16.5. The Morgan fingerprint density at radius 3 is 2.33 bits per heavy atom. The van der Waals surface area contributed by atoms with Gasteiger partial charge in [0.2, 0.25) is 0 Å². The van der Waals surface area contributed by atoms with Crippen LogP contribution in [0.2, 0.25) is 0 Å². The molecule has 0 N–H and O–H groups in total.